The summed E-state index contributed by atoms with van der Waals surface area (Å²) in [5.41, 5.74) is 0. The molecule has 0 saturated carbocycles. The Hall–Kier alpha value is 1.12. The van der Waals surface area contributed by atoms with Crippen molar-refractivity contribution in [1.29, 1.82) is 0 Å². The predicted molar refractivity (Wildman–Crippen MR) is 153 cm³/mol. The average molecular weight is 579 g/mol. The summed E-state index contributed by atoms with van der Waals surface area (Å²) >= 11 is 5.86. The second kappa shape index (κ2) is 18.4. The summed E-state index contributed by atoms with van der Waals surface area (Å²) in [5, 5.41) is 18.7. The van der Waals surface area contributed by atoms with Gasteiger partial charge in [0.25, 0.3) is 0 Å². The van der Waals surface area contributed by atoms with E-state index in [0.29, 0.717) is 26.4 Å². The molecule has 0 spiro atoms. The summed E-state index contributed by atoms with van der Waals surface area (Å²) in [7, 11) is -4.80. The molecule has 5 atom stereocenters. The number of hydrogen-bond donors (Lipinski definition) is 3. The fraction of sp³-hybridized carbons (Fsp3) is 1.00. The van der Waals surface area contributed by atoms with Gasteiger partial charge in [-0.25, -0.2) is 0 Å². The van der Waals surface area contributed by atoms with E-state index in [0.717, 1.165) is 36.4 Å². The molecular weight excluding hydrogens is 528 g/mol. The second-order valence-electron chi connectivity index (χ2n) is 10.2. The molecule has 0 heterocycles. The van der Waals surface area contributed by atoms with Crippen LogP contribution in [0.5, 0.6) is 0 Å². The first-order valence-electron chi connectivity index (χ1n) is 12.4. The van der Waals surface area contributed by atoms with Crippen molar-refractivity contribution in [2.45, 2.75) is 58.8 Å². The molecule has 0 aliphatic heterocycles. The van der Waals surface area contributed by atoms with Gasteiger partial charge < -0.3 is 32.5 Å². The Morgan fingerprint density at radius 3 is 1.53 bits per heavy atom. The van der Waals surface area contributed by atoms with Crippen LogP contribution in [0.4, 0.5) is 0 Å². The molecule has 206 valence electrons. The minimum atomic E-state index is -2.45. The third-order valence-electron chi connectivity index (χ3n) is 5.28. The number of hydrogen-bond acceptors (Lipinski definition) is 9. The quantitative estimate of drug-likeness (QED) is 0.0710. The Labute approximate surface area is 220 Å². The molecular formula is C22H51O7PS2Si2. The van der Waals surface area contributed by atoms with Crippen molar-refractivity contribution >= 4 is 47.5 Å². The van der Waals surface area contributed by atoms with E-state index in [1.54, 1.807) is 13.3 Å². The molecule has 0 amide bonds. The first-order chi connectivity index (χ1) is 15.8. The molecule has 34 heavy (non-hydrogen) atoms. The minimum Gasteiger partial charge on any atom is -0.396 e. The lowest BCUT2D eigenvalue weighted by Crippen LogP contribution is -2.43. The maximum absolute atomic E-state index is 12.0. The van der Waals surface area contributed by atoms with E-state index in [-0.39, 0.29) is 31.0 Å². The maximum Gasteiger partial charge on any atom is 0.334 e. The lowest BCUT2D eigenvalue weighted by atomic mass is 10.2. The van der Waals surface area contributed by atoms with Crippen molar-refractivity contribution in [2.75, 3.05) is 64.5 Å². The molecule has 0 bridgehead atoms. The second-order valence-corrected chi connectivity index (χ2v) is 23.9. The fourth-order valence-electron chi connectivity index (χ4n) is 2.88. The molecule has 0 aromatic rings. The summed E-state index contributed by atoms with van der Waals surface area (Å²) in [5.74, 6) is 1.94. The third kappa shape index (κ3) is 18.4. The van der Waals surface area contributed by atoms with Crippen LogP contribution in [0.1, 0.15) is 33.6 Å². The molecule has 0 saturated heterocycles. The van der Waals surface area contributed by atoms with Gasteiger partial charge in [0.15, 0.2) is 0 Å². The van der Waals surface area contributed by atoms with E-state index >= 15 is 0 Å². The monoisotopic (exact) mass is 578 g/mol. The van der Waals surface area contributed by atoms with Gasteiger partial charge in [0.1, 0.15) is 6.34 Å². The number of rotatable bonds is 22. The van der Waals surface area contributed by atoms with Crippen LogP contribution in [0.15, 0.2) is 0 Å². The highest BCUT2D eigenvalue weighted by Crippen LogP contribution is 2.51. The van der Waals surface area contributed by atoms with Crippen LogP contribution in [0, 0.1) is 17.8 Å². The first-order valence-corrected chi connectivity index (χ1v) is 22.2. The highest BCUT2D eigenvalue weighted by Gasteiger charge is 2.34. The number of aliphatic hydroxyl groups excluding tert-OH is 2. The third-order valence-corrected chi connectivity index (χ3v) is 14.7. The average Bonchev–Trinajstić information content (AvgIpc) is 2.79. The van der Waals surface area contributed by atoms with E-state index in [2.05, 4.69) is 32.6 Å². The SMILES string of the molecule is CC(CO)CO[Si](C)(CCCS)OCC(C)CO[Si](C)(CCCSP(C)(C)=O)OCC(C)CO. The van der Waals surface area contributed by atoms with Gasteiger partial charge in [-0.05, 0) is 57.1 Å². The Kier molecular flexibility index (Phi) is 19.0. The smallest absolute Gasteiger partial charge is 0.334 e. The normalized spacial score (nSPS) is 18.8. The molecule has 0 aliphatic rings. The van der Waals surface area contributed by atoms with Crippen molar-refractivity contribution in [3.63, 3.8) is 0 Å². The fourth-order valence-corrected chi connectivity index (χ4v) is 10.9. The zero-order valence-corrected chi connectivity index (χ0v) is 27.1. The van der Waals surface area contributed by atoms with Crippen LogP contribution in [0.2, 0.25) is 25.2 Å². The van der Waals surface area contributed by atoms with E-state index in [9.17, 15) is 14.8 Å². The Balaban J connectivity index is 4.85. The summed E-state index contributed by atoms with van der Waals surface area (Å²) in [6, 6.07) is 1.69. The topological polar surface area (TPSA) is 94.5 Å². The van der Waals surface area contributed by atoms with Crippen LogP contribution in [0.3, 0.4) is 0 Å². The van der Waals surface area contributed by atoms with Crippen LogP contribution in [-0.4, -0.2) is 91.8 Å². The summed E-state index contributed by atoms with van der Waals surface area (Å²) in [6.45, 7) is 16.0. The van der Waals surface area contributed by atoms with Gasteiger partial charge >= 0.3 is 17.1 Å². The molecule has 0 aliphatic carbocycles. The van der Waals surface area contributed by atoms with Crippen molar-refractivity contribution in [1.82, 2.24) is 0 Å². The van der Waals surface area contributed by atoms with Crippen LogP contribution >= 0.6 is 30.4 Å². The van der Waals surface area contributed by atoms with E-state index in [1.165, 1.54) is 11.4 Å². The van der Waals surface area contributed by atoms with Gasteiger partial charge in [-0.3, -0.25) is 0 Å². The van der Waals surface area contributed by atoms with Crippen molar-refractivity contribution in [2.24, 2.45) is 17.8 Å². The molecule has 0 rings (SSSR count). The Bertz CT molecular complexity index is 575. The zero-order valence-electron chi connectivity index (χ0n) is 22.5. The van der Waals surface area contributed by atoms with Crippen LogP contribution in [0.25, 0.3) is 0 Å². The first kappa shape index (κ1) is 35.1. The largest absolute Gasteiger partial charge is 0.396 e. The van der Waals surface area contributed by atoms with Crippen molar-refractivity contribution < 1.29 is 32.5 Å². The van der Waals surface area contributed by atoms with Crippen LogP contribution < -0.4 is 0 Å². The molecule has 0 radical (unpaired) electrons. The molecule has 5 unspecified atom stereocenters. The summed E-state index contributed by atoms with van der Waals surface area (Å²) in [4.78, 5) is 0. The van der Waals surface area contributed by atoms with E-state index < -0.39 is 23.5 Å². The van der Waals surface area contributed by atoms with Gasteiger partial charge in [-0.1, -0.05) is 32.2 Å². The summed E-state index contributed by atoms with van der Waals surface area (Å²) in [6.07, 6.45) is -0.259. The van der Waals surface area contributed by atoms with Gasteiger partial charge in [-0.15, -0.1) is 0 Å². The highest BCUT2D eigenvalue weighted by molar-refractivity contribution is 8.57. The number of thiol groups is 1. The highest BCUT2D eigenvalue weighted by atomic mass is 32.7. The lowest BCUT2D eigenvalue weighted by molar-refractivity contribution is 0.0871. The molecule has 0 aromatic carbocycles. The van der Waals surface area contributed by atoms with Gasteiger partial charge in [0.2, 0.25) is 0 Å². The van der Waals surface area contributed by atoms with E-state index in [4.69, 9.17) is 17.7 Å². The predicted octanol–water partition coefficient (Wildman–Crippen LogP) is 5.07. The molecule has 2 N–H and O–H groups in total. The van der Waals surface area contributed by atoms with Gasteiger partial charge in [0, 0.05) is 63.1 Å². The molecule has 0 fully saturated rings. The van der Waals surface area contributed by atoms with Crippen LogP contribution in [-0.2, 0) is 22.3 Å². The number of aliphatic hydroxyl groups is 2. The Morgan fingerprint density at radius 2 is 1.18 bits per heavy atom. The van der Waals surface area contributed by atoms with Crippen molar-refractivity contribution in [3.8, 4) is 0 Å². The Morgan fingerprint density at radius 1 is 0.794 bits per heavy atom. The van der Waals surface area contributed by atoms with Gasteiger partial charge in [0.05, 0.1) is 0 Å². The van der Waals surface area contributed by atoms with Gasteiger partial charge in [-0.2, -0.15) is 12.6 Å². The molecule has 0 aromatic heterocycles. The van der Waals surface area contributed by atoms with Crippen molar-refractivity contribution in [3.05, 3.63) is 0 Å². The minimum absolute atomic E-state index is 0.0639. The zero-order chi connectivity index (χ0) is 26.3. The van der Waals surface area contributed by atoms with E-state index in [1.807, 2.05) is 13.8 Å². The summed E-state index contributed by atoms with van der Waals surface area (Å²) < 4.78 is 37.1. The maximum atomic E-state index is 12.0. The molecule has 12 heteroatoms. The lowest BCUT2D eigenvalue weighted by Gasteiger charge is -2.32. The molecule has 7 nitrogen and oxygen atoms in total. The standard InChI is InChI=1S/C22H51O7PS2Si2/c1-20(14-23)16-26-33(6,12-8-10-31)28-18-22(3)19-29-34(7,27-17-21(2)15-24)13-9-11-32-30(4,5)25/h20-24,31H,8-19H2,1-7H3.